The second kappa shape index (κ2) is 6.79. The van der Waals surface area contributed by atoms with E-state index >= 15 is 0 Å². The maximum Gasteiger partial charge on any atom is 0.305 e. The summed E-state index contributed by atoms with van der Waals surface area (Å²) in [6.45, 7) is 7.45. The molecule has 14 heavy (non-hydrogen) atoms. The van der Waals surface area contributed by atoms with Gasteiger partial charge in [-0.15, -0.1) is 0 Å². The summed E-state index contributed by atoms with van der Waals surface area (Å²) in [6, 6.07) is 0. The molecule has 4 heteroatoms. The van der Waals surface area contributed by atoms with Gasteiger partial charge in [0.1, 0.15) is 0 Å². The van der Waals surface area contributed by atoms with Crippen LogP contribution in [0.2, 0.25) is 0 Å². The van der Waals surface area contributed by atoms with Crippen molar-refractivity contribution in [3.8, 4) is 0 Å². The number of ether oxygens (including phenoxy) is 2. The minimum Gasteiger partial charge on any atom is -0.481 e. The summed E-state index contributed by atoms with van der Waals surface area (Å²) in [5.74, 6) is -0.825. The second-order valence-electron chi connectivity index (χ2n) is 3.70. The van der Waals surface area contributed by atoms with Crippen LogP contribution in [-0.4, -0.2) is 36.5 Å². The average Bonchev–Trinajstić information content (AvgIpc) is 2.02. The van der Waals surface area contributed by atoms with Crippen LogP contribution in [0.3, 0.4) is 0 Å². The van der Waals surface area contributed by atoms with E-state index in [1.54, 1.807) is 0 Å². The van der Waals surface area contributed by atoms with E-state index in [1.165, 1.54) is 0 Å². The highest BCUT2D eigenvalue weighted by Crippen LogP contribution is 2.13. The lowest BCUT2D eigenvalue weighted by molar-refractivity contribution is -0.138. The molecule has 0 spiro atoms. The Balaban J connectivity index is 3.39. The Morgan fingerprint density at radius 1 is 1.36 bits per heavy atom. The molecule has 0 aliphatic rings. The molecule has 0 bridgehead atoms. The van der Waals surface area contributed by atoms with Crippen LogP contribution in [0.25, 0.3) is 0 Å². The van der Waals surface area contributed by atoms with Gasteiger partial charge in [0, 0.05) is 13.2 Å². The summed E-state index contributed by atoms with van der Waals surface area (Å²) in [7, 11) is 0. The van der Waals surface area contributed by atoms with Crippen LogP contribution in [0.15, 0.2) is 0 Å². The molecule has 84 valence electrons. The Labute approximate surface area is 85.2 Å². The topological polar surface area (TPSA) is 55.8 Å². The van der Waals surface area contributed by atoms with Crippen molar-refractivity contribution >= 4 is 5.97 Å². The minimum atomic E-state index is -0.825. The highest BCUT2D eigenvalue weighted by Gasteiger charge is 2.16. The third-order valence-corrected chi connectivity index (χ3v) is 1.84. The maximum atomic E-state index is 10.2. The molecule has 0 amide bonds. The van der Waals surface area contributed by atoms with Crippen LogP contribution < -0.4 is 0 Å². The van der Waals surface area contributed by atoms with Gasteiger partial charge < -0.3 is 14.6 Å². The van der Waals surface area contributed by atoms with Gasteiger partial charge in [-0.05, 0) is 27.2 Å². The molecule has 0 saturated carbocycles. The molecule has 0 radical (unpaired) electrons. The molecule has 0 saturated heterocycles. The lowest BCUT2D eigenvalue weighted by atomic mass is 10.1. The zero-order chi connectivity index (χ0) is 11.0. The third-order valence-electron chi connectivity index (χ3n) is 1.84. The van der Waals surface area contributed by atoms with Gasteiger partial charge >= 0.3 is 5.97 Å². The van der Waals surface area contributed by atoms with E-state index in [1.807, 2.05) is 20.8 Å². The molecule has 0 unspecified atom stereocenters. The van der Waals surface area contributed by atoms with Crippen LogP contribution in [0, 0.1) is 0 Å². The van der Waals surface area contributed by atoms with Gasteiger partial charge in [0.2, 0.25) is 0 Å². The quantitative estimate of drug-likeness (QED) is 0.611. The van der Waals surface area contributed by atoms with E-state index in [0.29, 0.717) is 13.2 Å². The average molecular weight is 204 g/mol. The van der Waals surface area contributed by atoms with Crippen molar-refractivity contribution < 1.29 is 19.4 Å². The molecule has 4 nitrogen and oxygen atoms in total. The van der Waals surface area contributed by atoms with E-state index in [0.717, 1.165) is 6.42 Å². The highest BCUT2D eigenvalue weighted by atomic mass is 16.5. The molecule has 0 aliphatic heterocycles. The fraction of sp³-hybridized carbons (Fsp3) is 0.900. The predicted octanol–water partition coefficient (Wildman–Crippen LogP) is 1.68. The van der Waals surface area contributed by atoms with Gasteiger partial charge in [0.05, 0.1) is 18.6 Å². The number of carboxylic acid groups (broad SMARTS) is 1. The summed E-state index contributed by atoms with van der Waals surface area (Å²) in [6.07, 6.45) is 0.843. The molecular formula is C10H20O4. The first-order valence-electron chi connectivity index (χ1n) is 4.91. The number of carboxylic acids is 1. The van der Waals surface area contributed by atoms with Crippen molar-refractivity contribution in [1.82, 2.24) is 0 Å². The normalized spacial score (nSPS) is 11.6. The molecule has 0 atom stereocenters. The van der Waals surface area contributed by atoms with Gasteiger partial charge in [0.25, 0.3) is 0 Å². The van der Waals surface area contributed by atoms with Crippen LogP contribution in [0.5, 0.6) is 0 Å². The Bertz CT molecular complexity index is 166. The lowest BCUT2D eigenvalue weighted by Gasteiger charge is -2.24. The molecule has 0 aromatic rings. The Morgan fingerprint density at radius 2 is 2.00 bits per heavy atom. The monoisotopic (exact) mass is 204 g/mol. The van der Waals surface area contributed by atoms with Gasteiger partial charge in [-0.1, -0.05) is 0 Å². The maximum absolute atomic E-state index is 10.2. The van der Waals surface area contributed by atoms with E-state index in [9.17, 15) is 4.79 Å². The van der Waals surface area contributed by atoms with Gasteiger partial charge in [-0.3, -0.25) is 4.79 Å². The summed E-state index contributed by atoms with van der Waals surface area (Å²) >= 11 is 0. The van der Waals surface area contributed by atoms with Crippen molar-refractivity contribution in [2.75, 3.05) is 19.8 Å². The first-order valence-corrected chi connectivity index (χ1v) is 4.91. The van der Waals surface area contributed by atoms with Crippen LogP contribution >= 0.6 is 0 Å². The summed E-state index contributed by atoms with van der Waals surface area (Å²) < 4.78 is 10.6. The van der Waals surface area contributed by atoms with E-state index in [2.05, 4.69) is 0 Å². The van der Waals surface area contributed by atoms with Crippen LogP contribution in [-0.2, 0) is 14.3 Å². The lowest BCUT2D eigenvalue weighted by Crippen LogP contribution is -2.26. The second-order valence-corrected chi connectivity index (χ2v) is 3.70. The van der Waals surface area contributed by atoms with Crippen molar-refractivity contribution in [2.24, 2.45) is 0 Å². The van der Waals surface area contributed by atoms with E-state index in [4.69, 9.17) is 14.6 Å². The first-order chi connectivity index (χ1) is 6.48. The first kappa shape index (κ1) is 13.4. The number of rotatable bonds is 8. The van der Waals surface area contributed by atoms with Crippen molar-refractivity contribution in [3.63, 3.8) is 0 Å². The van der Waals surface area contributed by atoms with Crippen LogP contribution in [0.1, 0.15) is 33.6 Å². The summed E-state index contributed by atoms with van der Waals surface area (Å²) in [5, 5.41) is 8.35. The third kappa shape index (κ3) is 8.01. The number of hydrogen-bond donors (Lipinski definition) is 1. The fourth-order valence-electron chi connectivity index (χ4n) is 1.04. The van der Waals surface area contributed by atoms with Gasteiger partial charge in [0.15, 0.2) is 0 Å². The molecule has 1 N–H and O–H groups in total. The van der Waals surface area contributed by atoms with E-state index < -0.39 is 5.97 Å². The SMILES string of the molecule is CCOC(C)(C)CCOCCC(=O)O. The zero-order valence-corrected chi connectivity index (χ0v) is 9.21. The largest absolute Gasteiger partial charge is 0.481 e. The molecule has 0 fully saturated rings. The predicted molar refractivity (Wildman–Crippen MR) is 53.4 cm³/mol. The van der Waals surface area contributed by atoms with Gasteiger partial charge in [-0.25, -0.2) is 0 Å². The summed E-state index contributed by atoms with van der Waals surface area (Å²) in [5.41, 5.74) is -0.183. The molecular weight excluding hydrogens is 184 g/mol. The number of aliphatic carboxylic acids is 1. The van der Waals surface area contributed by atoms with E-state index in [-0.39, 0.29) is 18.6 Å². The van der Waals surface area contributed by atoms with Crippen molar-refractivity contribution in [3.05, 3.63) is 0 Å². The molecule has 0 aromatic carbocycles. The van der Waals surface area contributed by atoms with Gasteiger partial charge in [-0.2, -0.15) is 0 Å². The Kier molecular flexibility index (Phi) is 6.49. The van der Waals surface area contributed by atoms with Crippen molar-refractivity contribution in [2.45, 2.75) is 39.2 Å². The number of carbonyl (C=O) groups is 1. The van der Waals surface area contributed by atoms with Crippen LogP contribution in [0.4, 0.5) is 0 Å². The molecule has 0 heterocycles. The fourth-order valence-corrected chi connectivity index (χ4v) is 1.04. The van der Waals surface area contributed by atoms with Crippen molar-refractivity contribution in [1.29, 1.82) is 0 Å². The standard InChI is InChI=1S/C10H20O4/c1-4-14-10(2,3)6-8-13-7-5-9(11)12/h4-8H2,1-3H3,(H,11,12). The molecule has 0 aromatic heterocycles. The molecule has 0 rings (SSSR count). The zero-order valence-electron chi connectivity index (χ0n) is 9.21. The Hall–Kier alpha value is -0.610. The molecule has 0 aliphatic carbocycles. The highest BCUT2D eigenvalue weighted by molar-refractivity contribution is 5.66. The Morgan fingerprint density at radius 3 is 2.50 bits per heavy atom. The number of hydrogen-bond acceptors (Lipinski definition) is 3. The summed E-state index contributed by atoms with van der Waals surface area (Å²) in [4.78, 5) is 10.2. The minimum absolute atomic E-state index is 0.0645. The smallest absolute Gasteiger partial charge is 0.305 e.